The van der Waals surface area contributed by atoms with E-state index in [-0.39, 0.29) is 29.0 Å². The maximum atomic E-state index is 13.0. The van der Waals surface area contributed by atoms with E-state index in [4.69, 9.17) is 4.42 Å². The van der Waals surface area contributed by atoms with E-state index in [9.17, 15) is 9.59 Å². The number of likely N-dealkylation sites (tertiary alicyclic amines) is 2. The van der Waals surface area contributed by atoms with Gasteiger partial charge in [-0.05, 0) is 31.2 Å². The number of hydrogen-bond donors (Lipinski definition) is 0. The average Bonchev–Trinajstić information content (AvgIpc) is 3.28. The summed E-state index contributed by atoms with van der Waals surface area (Å²) in [6.07, 6.45) is 5.87. The first-order chi connectivity index (χ1) is 12.6. The Balaban J connectivity index is 1.43. The zero-order valence-corrected chi connectivity index (χ0v) is 14.9. The Labute approximate surface area is 152 Å². The minimum absolute atomic E-state index is 0.142. The number of aromatic nitrogens is 1. The van der Waals surface area contributed by atoms with Gasteiger partial charge < -0.3 is 14.2 Å². The number of amides is 2. The van der Waals surface area contributed by atoms with Crippen LogP contribution in [0.3, 0.4) is 0 Å². The lowest BCUT2D eigenvalue weighted by atomic mass is 9.75. The summed E-state index contributed by atoms with van der Waals surface area (Å²) >= 11 is 0. The van der Waals surface area contributed by atoms with E-state index in [1.807, 2.05) is 30.1 Å². The van der Waals surface area contributed by atoms with Crippen LogP contribution in [0.4, 0.5) is 0 Å². The maximum Gasteiger partial charge on any atom is 0.291 e. The Kier molecular flexibility index (Phi) is 4.26. The number of benzene rings is 1. The molecule has 1 aromatic heterocycles. The molecule has 2 aromatic rings. The first-order valence-electron chi connectivity index (χ1n) is 9.08. The molecule has 2 aliphatic rings. The molecule has 6 heteroatoms. The molecule has 1 atom stereocenters. The third-order valence-electron chi connectivity index (χ3n) is 5.91. The van der Waals surface area contributed by atoms with Gasteiger partial charge in [-0.2, -0.15) is 0 Å². The monoisotopic (exact) mass is 353 g/mol. The largest absolute Gasteiger partial charge is 0.438 e. The fourth-order valence-corrected chi connectivity index (χ4v) is 4.34. The van der Waals surface area contributed by atoms with Crippen molar-refractivity contribution in [1.29, 1.82) is 0 Å². The molecule has 2 saturated heterocycles. The molecule has 2 aliphatic heterocycles. The molecule has 3 heterocycles. The molecule has 136 valence electrons. The molecule has 1 spiro atoms. The third-order valence-corrected chi connectivity index (χ3v) is 5.91. The molecule has 2 fully saturated rings. The van der Waals surface area contributed by atoms with Crippen molar-refractivity contribution in [3.63, 3.8) is 0 Å². The van der Waals surface area contributed by atoms with E-state index in [2.05, 4.69) is 17.1 Å². The second kappa shape index (κ2) is 6.59. The number of carbonyl (C=O) groups is 2. The molecule has 0 aliphatic carbocycles. The molecule has 0 bridgehead atoms. The topological polar surface area (TPSA) is 66.7 Å². The summed E-state index contributed by atoms with van der Waals surface area (Å²) in [5.41, 5.74) is 0.930. The maximum absolute atomic E-state index is 13.0. The lowest BCUT2D eigenvalue weighted by Crippen LogP contribution is -2.46. The summed E-state index contributed by atoms with van der Waals surface area (Å²) in [6.45, 7) is 1.16. The van der Waals surface area contributed by atoms with E-state index in [1.165, 1.54) is 18.2 Å². The van der Waals surface area contributed by atoms with Crippen LogP contribution in [-0.2, 0) is 11.2 Å². The van der Waals surface area contributed by atoms with Gasteiger partial charge in [0.05, 0.1) is 11.6 Å². The number of likely N-dealkylation sites (N-methyl/N-ethyl adjacent to an activating group) is 1. The summed E-state index contributed by atoms with van der Waals surface area (Å²) in [5, 5.41) is 0. The highest BCUT2D eigenvalue weighted by molar-refractivity contribution is 5.91. The highest BCUT2D eigenvalue weighted by atomic mass is 16.3. The fraction of sp³-hybridized carbons (Fsp3) is 0.450. The first-order valence-corrected chi connectivity index (χ1v) is 9.08. The zero-order valence-electron chi connectivity index (χ0n) is 14.9. The van der Waals surface area contributed by atoms with Gasteiger partial charge in [-0.1, -0.05) is 30.3 Å². The molecule has 1 aromatic carbocycles. The Morgan fingerprint density at radius 3 is 2.65 bits per heavy atom. The van der Waals surface area contributed by atoms with Crippen molar-refractivity contribution >= 4 is 11.8 Å². The van der Waals surface area contributed by atoms with Crippen LogP contribution in [-0.4, -0.2) is 52.8 Å². The van der Waals surface area contributed by atoms with Crippen LogP contribution in [0, 0.1) is 5.41 Å². The van der Waals surface area contributed by atoms with Gasteiger partial charge in [0.2, 0.25) is 11.7 Å². The van der Waals surface area contributed by atoms with Crippen molar-refractivity contribution in [2.45, 2.75) is 31.7 Å². The number of hydrogen-bond acceptors (Lipinski definition) is 4. The second-order valence-corrected chi connectivity index (χ2v) is 7.40. The molecule has 4 rings (SSSR count). The number of nitrogens with zero attached hydrogens (tertiary/aromatic N) is 3. The van der Waals surface area contributed by atoms with E-state index >= 15 is 0 Å². The van der Waals surface area contributed by atoms with Crippen molar-refractivity contribution in [2.75, 3.05) is 20.1 Å². The van der Waals surface area contributed by atoms with Crippen LogP contribution in [0.1, 0.15) is 35.4 Å². The van der Waals surface area contributed by atoms with Crippen molar-refractivity contribution in [3.05, 3.63) is 54.2 Å². The number of carbonyl (C=O) groups excluding carboxylic acids is 2. The molecule has 26 heavy (non-hydrogen) atoms. The minimum atomic E-state index is -0.327. The fourth-order valence-electron chi connectivity index (χ4n) is 4.34. The Morgan fingerprint density at radius 2 is 2.00 bits per heavy atom. The summed E-state index contributed by atoms with van der Waals surface area (Å²) < 4.78 is 5.11. The lowest BCUT2D eigenvalue weighted by molar-refractivity contribution is -0.137. The standard InChI is InChI=1S/C20H23N3O3/c1-22-16(11-15-5-3-2-4-6-15)12-20(19(22)25)7-9-23(10-8-20)18(24)17-13-21-14-26-17/h2-6,13-14,16H,7-12H2,1H3/t16-/m0/s1. The molecule has 0 radical (unpaired) electrons. The van der Waals surface area contributed by atoms with Gasteiger partial charge in [0.15, 0.2) is 6.39 Å². The van der Waals surface area contributed by atoms with Crippen LogP contribution in [0.15, 0.2) is 47.3 Å². The normalized spacial score (nSPS) is 22.2. The summed E-state index contributed by atoms with van der Waals surface area (Å²) in [5.74, 6) is 0.347. The van der Waals surface area contributed by atoms with Crippen molar-refractivity contribution in [3.8, 4) is 0 Å². The third kappa shape index (κ3) is 2.89. The zero-order chi connectivity index (χ0) is 18.1. The molecular formula is C20H23N3O3. The van der Waals surface area contributed by atoms with Gasteiger partial charge in [-0.3, -0.25) is 9.59 Å². The summed E-state index contributed by atoms with van der Waals surface area (Å²) in [6, 6.07) is 10.5. The molecule has 0 N–H and O–H groups in total. The molecule has 6 nitrogen and oxygen atoms in total. The average molecular weight is 353 g/mol. The van der Waals surface area contributed by atoms with E-state index in [0.29, 0.717) is 25.9 Å². The molecule has 0 unspecified atom stereocenters. The van der Waals surface area contributed by atoms with Gasteiger partial charge >= 0.3 is 0 Å². The van der Waals surface area contributed by atoms with Gasteiger partial charge in [0, 0.05) is 26.2 Å². The van der Waals surface area contributed by atoms with E-state index in [1.54, 1.807) is 4.90 Å². The predicted octanol–water partition coefficient (Wildman–Crippen LogP) is 2.37. The second-order valence-electron chi connectivity index (χ2n) is 7.40. The van der Waals surface area contributed by atoms with Crippen molar-refractivity contribution < 1.29 is 14.0 Å². The van der Waals surface area contributed by atoms with Crippen LogP contribution in [0.2, 0.25) is 0 Å². The molecule has 0 saturated carbocycles. The van der Waals surface area contributed by atoms with E-state index < -0.39 is 0 Å². The van der Waals surface area contributed by atoms with Gasteiger partial charge in [-0.25, -0.2) is 4.98 Å². The van der Waals surface area contributed by atoms with Crippen molar-refractivity contribution in [2.24, 2.45) is 5.41 Å². The minimum Gasteiger partial charge on any atom is -0.438 e. The lowest BCUT2D eigenvalue weighted by Gasteiger charge is -2.37. The highest BCUT2D eigenvalue weighted by Crippen LogP contribution is 2.44. The van der Waals surface area contributed by atoms with Gasteiger partial charge in [0.25, 0.3) is 5.91 Å². The smallest absolute Gasteiger partial charge is 0.291 e. The Hall–Kier alpha value is -2.63. The SMILES string of the molecule is CN1C(=O)C2(CCN(C(=O)c3cnco3)CC2)C[C@@H]1Cc1ccccc1. The predicted molar refractivity (Wildman–Crippen MR) is 95.4 cm³/mol. The highest BCUT2D eigenvalue weighted by Gasteiger charge is 2.51. The van der Waals surface area contributed by atoms with Crippen LogP contribution >= 0.6 is 0 Å². The number of piperidine rings is 1. The quantitative estimate of drug-likeness (QED) is 0.850. The van der Waals surface area contributed by atoms with Crippen LogP contribution < -0.4 is 0 Å². The Morgan fingerprint density at radius 1 is 1.27 bits per heavy atom. The van der Waals surface area contributed by atoms with Gasteiger partial charge in [0.1, 0.15) is 0 Å². The van der Waals surface area contributed by atoms with Crippen molar-refractivity contribution in [1.82, 2.24) is 14.8 Å². The van der Waals surface area contributed by atoms with Crippen LogP contribution in [0.5, 0.6) is 0 Å². The summed E-state index contributed by atoms with van der Waals surface area (Å²) in [7, 11) is 1.91. The number of rotatable bonds is 3. The van der Waals surface area contributed by atoms with E-state index in [0.717, 1.165) is 12.8 Å². The number of oxazole rings is 1. The Bertz CT molecular complexity index is 780. The molecule has 2 amide bonds. The summed E-state index contributed by atoms with van der Waals surface area (Å²) in [4.78, 5) is 32.9. The van der Waals surface area contributed by atoms with Gasteiger partial charge in [-0.15, -0.1) is 0 Å². The molecular weight excluding hydrogens is 330 g/mol. The first kappa shape index (κ1) is 16.8. The van der Waals surface area contributed by atoms with Crippen LogP contribution in [0.25, 0.3) is 0 Å².